The summed E-state index contributed by atoms with van der Waals surface area (Å²) in [5.41, 5.74) is 0.238. The van der Waals surface area contributed by atoms with Crippen LogP contribution >= 0.6 is 11.6 Å². The molecule has 1 aromatic heterocycles. The van der Waals surface area contributed by atoms with Gasteiger partial charge in [0, 0.05) is 16.8 Å². The smallest absolute Gasteiger partial charge is 0.251 e. The molecule has 0 fully saturated rings. The molecule has 0 amide bonds. The largest absolute Gasteiger partial charge is 0.433 e. The molecule has 1 nitrogen and oxygen atoms in total. The third-order valence-electron chi connectivity index (χ3n) is 2.13. The Kier molecular flexibility index (Phi) is 3.07. The second-order valence-corrected chi connectivity index (χ2v) is 3.79. The van der Waals surface area contributed by atoms with E-state index in [1.54, 1.807) is 18.2 Å². The summed E-state index contributed by atoms with van der Waals surface area (Å²) in [6.07, 6.45) is -3.26. The van der Waals surface area contributed by atoms with E-state index in [-0.39, 0.29) is 0 Å². The van der Waals surface area contributed by atoms with Crippen LogP contribution in [0.3, 0.4) is 0 Å². The number of alkyl halides is 3. The summed E-state index contributed by atoms with van der Waals surface area (Å²) >= 11 is 5.78. The van der Waals surface area contributed by atoms with Crippen LogP contribution in [0.1, 0.15) is 5.69 Å². The first-order chi connectivity index (χ1) is 7.97. The second-order valence-electron chi connectivity index (χ2n) is 3.35. The molecule has 2 rings (SSSR count). The average Bonchev–Trinajstić information content (AvgIpc) is 2.28. The van der Waals surface area contributed by atoms with E-state index in [0.29, 0.717) is 16.1 Å². The molecule has 2 aromatic rings. The minimum absolute atomic E-state index is 0.499. The Balaban J connectivity index is 2.36. The van der Waals surface area contributed by atoms with E-state index < -0.39 is 11.9 Å². The van der Waals surface area contributed by atoms with Gasteiger partial charge in [-0.15, -0.1) is 0 Å². The highest BCUT2D eigenvalue weighted by Gasteiger charge is 2.31. The van der Waals surface area contributed by atoms with E-state index in [9.17, 15) is 13.2 Å². The molecule has 0 unspecified atom stereocenters. The highest BCUT2D eigenvalue weighted by atomic mass is 35.5. The van der Waals surface area contributed by atoms with Gasteiger partial charge in [-0.3, -0.25) is 4.98 Å². The van der Waals surface area contributed by atoms with Gasteiger partial charge in [-0.05, 0) is 29.8 Å². The van der Waals surface area contributed by atoms with Crippen molar-refractivity contribution in [2.24, 2.45) is 0 Å². The van der Waals surface area contributed by atoms with E-state index in [1.165, 1.54) is 6.07 Å². The zero-order valence-corrected chi connectivity index (χ0v) is 9.18. The van der Waals surface area contributed by atoms with E-state index in [2.05, 4.69) is 11.1 Å². The van der Waals surface area contributed by atoms with Crippen molar-refractivity contribution in [3.8, 4) is 11.1 Å². The summed E-state index contributed by atoms with van der Waals surface area (Å²) in [5.74, 6) is 0. The molecule has 0 aliphatic heterocycles. The number of pyridine rings is 1. The molecule has 1 heterocycles. The molecule has 0 atom stereocenters. The fourth-order valence-electron chi connectivity index (χ4n) is 1.33. The van der Waals surface area contributed by atoms with Gasteiger partial charge in [0.1, 0.15) is 5.69 Å². The Morgan fingerprint density at radius 1 is 1.18 bits per heavy atom. The van der Waals surface area contributed by atoms with Crippen LogP contribution in [-0.2, 0) is 6.18 Å². The van der Waals surface area contributed by atoms with Crippen molar-refractivity contribution in [1.29, 1.82) is 0 Å². The predicted molar refractivity (Wildman–Crippen MR) is 58.5 cm³/mol. The van der Waals surface area contributed by atoms with Crippen LogP contribution in [-0.4, -0.2) is 4.98 Å². The summed E-state index contributed by atoms with van der Waals surface area (Å²) in [6, 6.07) is 10.0. The zero-order chi connectivity index (χ0) is 12.5. The van der Waals surface area contributed by atoms with E-state index in [4.69, 9.17) is 11.6 Å². The van der Waals surface area contributed by atoms with Crippen molar-refractivity contribution in [1.82, 2.24) is 4.98 Å². The molecule has 0 aliphatic rings. The first-order valence-electron chi connectivity index (χ1n) is 4.68. The molecule has 0 saturated heterocycles. The van der Waals surface area contributed by atoms with E-state index >= 15 is 0 Å². The van der Waals surface area contributed by atoms with Crippen LogP contribution in [0.5, 0.6) is 0 Å². The maximum Gasteiger partial charge on any atom is 0.433 e. The first kappa shape index (κ1) is 11.9. The van der Waals surface area contributed by atoms with Crippen molar-refractivity contribution >= 4 is 11.6 Å². The summed E-state index contributed by atoms with van der Waals surface area (Å²) in [6.45, 7) is 0. The number of halogens is 4. The van der Waals surface area contributed by atoms with Gasteiger partial charge in [0.25, 0.3) is 0 Å². The summed E-state index contributed by atoms with van der Waals surface area (Å²) in [4.78, 5) is 3.37. The molecule has 0 aliphatic carbocycles. The van der Waals surface area contributed by atoms with E-state index in [1.807, 2.05) is 0 Å². The van der Waals surface area contributed by atoms with Crippen LogP contribution in [0.25, 0.3) is 11.1 Å². The lowest BCUT2D eigenvalue weighted by Gasteiger charge is -2.06. The minimum Gasteiger partial charge on any atom is -0.251 e. The van der Waals surface area contributed by atoms with Crippen molar-refractivity contribution in [2.45, 2.75) is 6.18 Å². The van der Waals surface area contributed by atoms with Gasteiger partial charge in [0.15, 0.2) is 0 Å². The number of rotatable bonds is 1. The number of hydrogen-bond acceptors (Lipinski definition) is 1. The lowest BCUT2D eigenvalue weighted by molar-refractivity contribution is -0.141. The lowest BCUT2D eigenvalue weighted by atomic mass is 10.1. The van der Waals surface area contributed by atoms with Crippen LogP contribution in [0.15, 0.2) is 36.5 Å². The summed E-state index contributed by atoms with van der Waals surface area (Å²) in [5, 5.41) is 0.499. The topological polar surface area (TPSA) is 12.9 Å². The fourth-order valence-corrected chi connectivity index (χ4v) is 1.50. The highest BCUT2D eigenvalue weighted by Crippen LogP contribution is 2.29. The molecule has 1 aromatic carbocycles. The maximum absolute atomic E-state index is 12.3. The average molecular weight is 257 g/mol. The Labute approximate surface area is 101 Å². The van der Waals surface area contributed by atoms with Gasteiger partial charge in [-0.2, -0.15) is 13.2 Å². The van der Waals surface area contributed by atoms with Gasteiger partial charge in [0.2, 0.25) is 0 Å². The van der Waals surface area contributed by atoms with Gasteiger partial charge in [-0.1, -0.05) is 23.7 Å². The maximum atomic E-state index is 12.3. The van der Waals surface area contributed by atoms with Crippen LogP contribution < -0.4 is 0 Å². The number of benzene rings is 1. The van der Waals surface area contributed by atoms with Crippen molar-refractivity contribution in [3.05, 3.63) is 53.3 Å². The SMILES string of the molecule is FC(F)(F)c1ccc(-c2[c]ccc(Cl)c2)cn1. The molecule has 5 heteroatoms. The van der Waals surface area contributed by atoms with Gasteiger partial charge in [0.05, 0.1) is 0 Å². The third-order valence-corrected chi connectivity index (χ3v) is 2.36. The molecule has 0 saturated carbocycles. The van der Waals surface area contributed by atoms with Crippen LogP contribution in [0.4, 0.5) is 13.2 Å². The van der Waals surface area contributed by atoms with Crippen molar-refractivity contribution in [3.63, 3.8) is 0 Å². The van der Waals surface area contributed by atoms with Gasteiger partial charge >= 0.3 is 6.18 Å². The van der Waals surface area contributed by atoms with Gasteiger partial charge < -0.3 is 0 Å². The third kappa shape index (κ3) is 2.77. The number of hydrogen-bond donors (Lipinski definition) is 0. The normalized spacial score (nSPS) is 11.5. The number of nitrogens with zero attached hydrogens (tertiary/aromatic N) is 1. The fraction of sp³-hybridized carbons (Fsp3) is 0.0833. The zero-order valence-electron chi connectivity index (χ0n) is 8.42. The number of aromatic nitrogens is 1. The summed E-state index contributed by atoms with van der Waals surface area (Å²) in [7, 11) is 0. The molecule has 0 N–H and O–H groups in total. The highest BCUT2D eigenvalue weighted by molar-refractivity contribution is 6.30. The molecule has 0 spiro atoms. The standard InChI is InChI=1S/C12H6ClF3N/c13-10-3-1-2-8(6-10)9-4-5-11(17-7-9)12(14,15)16/h1,3-7H. The van der Waals surface area contributed by atoms with E-state index in [0.717, 1.165) is 12.3 Å². The van der Waals surface area contributed by atoms with Crippen molar-refractivity contribution < 1.29 is 13.2 Å². The monoisotopic (exact) mass is 256 g/mol. The lowest BCUT2D eigenvalue weighted by Crippen LogP contribution is -2.07. The molecule has 0 bridgehead atoms. The predicted octanol–water partition coefficient (Wildman–Crippen LogP) is 4.22. The Morgan fingerprint density at radius 2 is 1.94 bits per heavy atom. The molecular weight excluding hydrogens is 251 g/mol. The first-order valence-corrected chi connectivity index (χ1v) is 5.05. The Bertz CT molecular complexity index is 520. The molecule has 17 heavy (non-hydrogen) atoms. The molecular formula is C12H6ClF3N. The Morgan fingerprint density at radius 3 is 2.47 bits per heavy atom. The van der Waals surface area contributed by atoms with Crippen molar-refractivity contribution in [2.75, 3.05) is 0 Å². The minimum atomic E-state index is -4.42. The quantitative estimate of drug-likeness (QED) is 0.744. The Hall–Kier alpha value is -1.55. The molecule has 1 radical (unpaired) electrons. The van der Waals surface area contributed by atoms with Gasteiger partial charge in [-0.25, -0.2) is 0 Å². The second kappa shape index (κ2) is 4.37. The molecule has 87 valence electrons. The summed E-state index contributed by atoms with van der Waals surface area (Å²) < 4.78 is 36.9. The van der Waals surface area contributed by atoms with Crippen LogP contribution in [0.2, 0.25) is 5.02 Å². The van der Waals surface area contributed by atoms with Crippen LogP contribution in [0, 0.1) is 6.07 Å².